The Bertz CT molecular complexity index is 721. The Morgan fingerprint density at radius 1 is 0.852 bits per heavy atom. The van der Waals surface area contributed by atoms with Crippen LogP contribution in [-0.2, 0) is 22.4 Å². The molecule has 146 valence electrons. The van der Waals surface area contributed by atoms with E-state index in [2.05, 4.69) is 36.1 Å². The van der Waals surface area contributed by atoms with E-state index in [0.717, 1.165) is 38.0 Å². The summed E-state index contributed by atoms with van der Waals surface area (Å²) in [4.78, 5) is 20.3. The average Bonchev–Trinajstić information content (AvgIpc) is 2.66. The van der Waals surface area contributed by atoms with E-state index in [1.807, 2.05) is 12.1 Å². The molecule has 2 rings (SSSR count). The Balaban J connectivity index is 0.000000527. The summed E-state index contributed by atoms with van der Waals surface area (Å²) in [6, 6.07) is 15.6. The number of phenols is 2. The molecule has 0 atom stereocenters. The van der Waals surface area contributed by atoms with Gasteiger partial charge in [-0.2, -0.15) is 0 Å². The number of carbonyl (C=O) groups excluding carboxylic acids is 2. The van der Waals surface area contributed by atoms with Crippen molar-refractivity contribution in [3.63, 3.8) is 0 Å². The van der Waals surface area contributed by atoms with Crippen LogP contribution < -0.4 is 10.2 Å². The summed E-state index contributed by atoms with van der Waals surface area (Å²) in [7, 11) is 0. The third-order valence-electron chi connectivity index (χ3n) is 3.93. The first-order valence-corrected chi connectivity index (χ1v) is 8.53. The largest absolute Gasteiger partial charge is 0.543 e. The minimum Gasteiger partial charge on any atom is -0.543 e. The van der Waals surface area contributed by atoms with Crippen molar-refractivity contribution in [1.82, 2.24) is 4.90 Å². The molecule has 2 aromatic rings. The molecule has 2 aromatic carbocycles. The molecule has 0 radical (unpaired) electrons. The molecule has 0 spiro atoms. The maximum Gasteiger partial charge on any atom is 0.157 e. The topological polar surface area (TPSA) is 124 Å². The van der Waals surface area contributed by atoms with Crippen molar-refractivity contribution in [1.29, 1.82) is 0 Å². The van der Waals surface area contributed by atoms with Crippen LogP contribution in [0.4, 0.5) is 0 Å². The van der Waals surface area contributed by atoms with E-state index in [0.29, 0.717) is 0 Å². The number of hydrogen-bond acceptors (Lipinski definition) is 7. The molecule has 0 heterocycles. The third kappa shape index (κ3) is 8.73. The first-order chi connectivity index (χ1) is 12.8. The lowest BCUT2D eigenvalue weighted by Crippen LogP contribution is -2.42. The summed E-state index contributed by atoms with van der Waals surface area (Å²) >= 11 is 0. The molecule has 0 aliphatic carbocycles. The highest BCUT2D eigenvalue weighted by Gasteiger charge is 2.05. The third-order valence-corrected chi connectivity index (χ3v) is 3.93. The number of carbonyl (C=O) groups is 2. The highest BCUT2D eigenvalue weighted by atomic mass is 16.4. The van der Waals surface area contributed by atoms with E-state index in [-0.39, 0.29) is 11.5 Å². The number of aliphatic carboxylic acids is 2. The van der Waals surface area contributed by atoms with Crippen molar-refractivity contribution in [3.05, 3.63) is 59.7 Å². The number of carboxylic acids is 2. The number of phenolic OH excluding ortho intramolecular Hbond substituents is 2. The lowest BCUT2D eigenvalue weighted by Gasteiger charge is -2.20. The summed E-state index contributed by atoms with van der Waals surface area (Å²) in [6.07, 6.45) is 1.92. The lowest BCUT2D eigenvalue weighted by molar-refractivity contribution is -0.345. The van der Waals surface area contributed by atoms with Crippen molar-refractivity contribution < 1.29 is 30.0 Å². The van der Waals surface area contributed by atoms with Crippen molar-refractivity contribution in [3.8, 4) is 11.5 Å². The predicted octanol–water partition coefficient (Wildman–Crippen LogP) is -0.309. The lowest BCUT2D eigenvalue weighted by atomic mass is 10.1. The number of rotatable bonds is 7. The van der Waals surface area contributed by atoms with Crippen molar-refractivity contribution >= 4 is 11.9 Å². The Labute approximate surface area is 158 Å². The van der Waals surface area contributed by atoms with Crippen molar-refractivity contribution in [2.24, 2.45) is 0 Å². The predicted molar refractivity (Wildman–Crippen MR) is 95.7 cm³/mol. The summed E-state index contributed by atoms with van der Waals surface area (Å²) < 4.78 is 0. The maximum absolute atomic E-state index is 9.51. The second-order valence-electron chi connectivity index (χ2n) is 5.82. The molecule has 0 bridgehead atoms. The Morgan fingerprint density at radius 3 is 1.89 bits per heavy atom. The molecule has 0 saturated carbocycles. The van der Waals surface area contributed by atoms with E-state index in [1.54, 1.807) is 12.1 Å². The molecule has 0 saturated heterocycles. The standard InChI is InChI=1S/C18H23NO2.C2H2O4/c1-2-19(12-10-15-6-4-3-5-7-15)13-11-16-8-9-17(20)18(21)14-16;3-1(4)2(5)6/h3-9,14,20-21H,2,10-13H2,1H3;(H,3,4)(H,5,6)/p-2. The summed E-state index contributed by atoms with van der Waals surface area (Å²) in [5.41, 5.74) is 2.40. The number of carboxylic acid groups (broad SMARTS) is 2. The van der Waals surface area contributed by atoms with E-state index < -0.39 is 11.9 Å². The number of hydrogen-bond donors (Lipinski definition) is 2. The molecule has 7 heteroatoms. The average molecular weight is 373 g/mol. The van der Waals surface area contributed by atoms with Gasteiger partial charge >= 0.3 is 0 Å². The van der Waals surface area contributed by atoms with Crippen LogP contribution in [-0.4, -0.2) is 46.7 Å². The van der Waals surface area contributed by atoms with Gasteiger partial charge in [-0.05, 0) is 42.6 Å². The number of nitrogens with zero attached hydrogens (tertiary/aromatic N) is 1. The molecular formula is C20H23NO6-2. The first-order valence-electron chi connectivity index (χ1n) is 8.53. The van der Waals surface area contributed by atoms with Crippen LogP contribution in [0.25, 0.3) is 0 Å². The molecule has 0 amide bonds. The summed E-state index contributed by atoms with van der Waals surface area (Å²) in [5.74, 6) is -4.47. The SMILES string of the molecule is CCN(CCc1ccccc1)CCc1ccc(O)c(O)c1.O=C([O-])C(=O)[O-]. The van der Waals surface area contributed by atoms with Gasteiger partial charge in [0.15, 0.2) is 11.5 Å². The van der Waals surface area contributed by atoms with Crippen molar-refractivity contribution in [2.45, 2.75) is 19.8 Å². The van der Waals surface area contributed by atoms with Crippen LogP contribution >= 0.6 is 0 Å². The van der Waals surface area contributed by atoms with Gasteiger partial charge in [0, 0.05) is 13.1 Å². The molecule has 2 N–H and O–H groups in total. The zero-order valence-corrected chi connectivity index (χ0v) is 15.1. The second-order valence-corrected chi connectivity index (χ2v) is 5.82. The zero-order chi connectivity index (χ0) is 20.2. The number of benzene rings is 2. The van der Waals surface area contributed by atoms with Gasteiger partial charge in [0.2, 0.25) is 0 Å². The first kappa shape index (κ1) is 22.0. The fourth-order valence-electron chi connectivity index (χ4n) is 2.37. The molecule has 0 aromatic heterocycles. The number of aromatic hydroxyl groups is 2. The normalized spacial score (nSPS) is 10.1. The highest BCUT2D eigenvalue weighted by Crippen LogP contribution is 2.25. The van der Waals surface area contributed by atoms with Gasteiger partial charge in [0.25, 0.3) is 0 Å². The van der Waals surface area contributed by atoms with Crippen LogP contribution in [0.15, 0.2) is 48.5 Å². The van der Waals surface area contributed by atoms with E-state index in [4.69, 9.17) is 19.8 Å². The van der Waals surface area contributed by atoms with Crippen LogP contribution in [0, 0.1) is 0 Å². The van der Waals surface area contributed by atoms with Crippen LogP contribution in [0.1, 0.15) is 18.1 Å². The smallest absolute Gasteiger partial charge is 0.157 e. The molecule has 0 aliphatic rings. The molecule has 0 fully saturated rings. The van der Waals surface area contributed by atoms with Crippen molar-refractivity contribution in [2.75, 3.05) is 19.6 Å². The van der Waals surface area contributed by atoms with Crippen LogP contribution in [0.3, 0.4) is 0 Å². The highest BCUT2D eigenvalue weighted by molar-refractivity contribution is 6.25. The fourth-order valence-corrected chi connectivity index (χ4v) is 2.37. The molecule has 7 nitrogen and oxygen atoms in total. The van der Waals surface area contributed by atoms with E-state index >= 15 is 0 Å². The van der Waals surface area contributed by atoms with Gasteiger partial charge in [-0.3, -0.25) is 0 Å². The maximum atomic E-state index is 9.51. The van der Waals surface area contributed by atoms with Gasteiger partial charge in [-0.1, -0.05) is 43.3 Å². The minimum absolute atomic E-state index is 0.0418. The molecule has 0 unspecified atom stereocenters. The van der Waals surface area contributed by atoms with Gasteiger partial charge in [0.05, 0.1) is 11.9 Å². The Morgan fingerprint density at radius 2 is 1.41 bits per heavy atom. The minimum atomic E-state index is -2.19. The molecular weight excluding hydrogens is 350 g/mol. The van der Waals surface area contributed by atoms with E-state index in [9.17, 15) is 10.2 Å². The molecule has 27 heavy (non-hydrogen) atoms. The Hall–Kier alpha value is -3.06. The Kier molecular flexibility index (Phi) is 9.39. The van der Waals surface area contributed by atoms with Crippen LogP contribution in [0.5, 0.6) is 11.5 Å². The summed E-state index contributed by atoms with van der Waals surface area (Å²) in [6.45, 7) is 5.16. The fraction of sp³-hybridized carbons (Fsp3) is 0.300. The van der Waals surface area contributed by atoms with E-state index in [1.165, 1.54) is 5.56 Å². The van der Waals surface area contributed by atoms with Gasteiger partial charge in [-0.25, -0.2) is 0 Å². The van der Waals surface area contributed by atoms with Crippen LogP contribution in [0.2, 0.25) is 0 Å². The second kappa shape index (κ2) is 11.5. The molecule has 0 aliphatic heterocycles. The van der Waals surface area contributed by atoms with Gasteiger partial charge in [-0.15, -0.1) is 0 Å². The van der Waals surface area contributed by atoms with Gasteiger partial charge < -0.3 is 34.9 Å². The number of likely N-dealkylation sites (N-methyl/N-ethyl adjacent to an activating group) is 1. The zero-order valence-electron chi connectivity index (χ0n) is 15.1. The summed E-state index contributed by atoms with van der Waals surface area (Å²) in [5, 5.41) is 36.7. The van der Waals surface area contributed by atoms with Gasteiger partial charge in [0.1, 0.15) is 0 Å². The monoisotopic (exact) mass is 373 g/mol. The quantitative estimate of drug-likeness (QED) is 0.504.